The number of likely N-dealkylation sites (N-methyl/N-ethyl adjacent to an activating group) is 1. The molecule has 0 saturated carbocycles. The summed E-state index contributed by atoms with van der Waals surface area (Å²) >= 11 is 0. The number of benzene rings is 1. The maximum absolute atomic E-state index is 5.72. The number of aryl methyl sites for hydroxylation is 1. The summed E-state index contributed by atoms with van der Waals surface area (Å²) in [4.78, 5) is 6.25. The zero-order valence-electron chi connectivity index (χ0n) is 8.57. The van der Waals surface area contributed by atoms with Crippen molar-refractivity contribution in [3.8, 4) is 0 Å². The average molecular weight is 189 g/mol. The molecule has 0 aromatic heterocycles. The molecule has 2 rings (SSSR count). The largest absolute Gasteiger partial charge is 0.370 e. The third kappa shape index (κ3) is 1.45. The fourth-order valence-corrected chi connectivity index (χ4v) is 1.78. The third-order valence-electron chi connectivity index (χ3n) is 2.68. The molecule has 0 aliphatic carbocycles. The van der Waals surface area contributed by atoms with E-state index in [1.54, 1.807) is 0 Å². The lowest BCUT2D eigenvalue weighted by Gasteiger charge is -2.21. The number of rotatable bonds is 1. The van der Waals surface area contributed by atoms with Crippen LogP contribution in [0.25, 0.3) is 0 Å². The second-order valence-electron chi connectivity index (χ2n) is 3.74. The van der Waals surface area contributed by atoms with E-state index < -0.39 is 0 Å². The molecule has 2 N–H and O–H groups in total. The zero-order valence-corrected chi connectivity index (χ0v) is 8.57. The van der Waals surface area contributed by atoms with Crippen molar-refractivity contribution in [1.29, 1.82) is 0 Å². The number of nitrogens with zero attached hydrogens (tertiary/aromatic N) is 2. The van der Waals surface area contributed by atoms with E-state index in [0.29, 0.717) is 12.0 Å². The minimum Gasteiger partial charge on any atom is -0.370 e. The van der Waals surface area contributed by atoms with Crippen molar-refractivity contribution >= 4 is 5.96 Å². The Kier molecular flexibility index (Phi) is 2.15. The van der Waals surface area contributed by atoms with E-state index in [9.17, 15) is 0 Å². The zero-order chi connectivity index (χ0) is 10.1. The van der Waals surface area contributed by atoms with Crippen LogP contribution in [0.2, 0.25) is 0 Å². The molecule has 3 heteroatoms. The fourth-order valence-electron chi connectivity index (χ4n) is 1.78. The summed E-state index contributed by atoms with van der Waals surface area (Å²) in [6.45, 7) is 2.87. The lowest BCUT2D eigenvalue weighted by atomic mass is 10.0. The van der Waals surface area contributed by atoms with Gasteiger partial charge in [0.1, 0.15) is 0 Å². The van der Waals surface area contributed by atoms with E-state index in [1.165, 1.54) is 11.1 Å². The van der Waals surface area contributed by atoms with Crippen LogP contribution in [0.3, 0.4) is 0 Å². The molecule has 1 aromatic carbocycles. The van der Waals surface area contributed by atoms with Crippen LogP contribution < -0.4 is 5.73 Å². The van der Waals surface area contributed by atoms with Crippen LogP contribution >= 0.6 is 0 Å². The van der Waals surface area contributed by atoms with Gasteiger partial charge in [-0.1, -0.05) is 29.8 Å². The van der Waals surface area contributed by atoms with Gasteiger partial charge in [0, 0.05) is 7.05 Å². The van der Waals surface area contributed by atoms with Gasteiger partial charge in [0.05, 0.1) is 12.6 Å². The number of aliphatic imine (C=N–C) groups is 1. The van der Waals surface area contributed by atoms with Crippen LogP contribution in [0.4, 0.5) is 0 Å². The molecule has 1 atom stereocenters. The molecule has 0 spiro atoms. The summed E-state index contributed by atoms with van der Waals surface area (Å²) in [5.74, 6) is 0.636. The fraction of sp³-hybridized carbons (Fsp3) is 0.364. The highest BCUT2D eigenvalue weighted by molar-refractivity contribution is 5.80. The first-order valence-corrected chi connectivity index (χ1v) is 4.78. The summed E-state index contributed by atoms with van der Waals surface area (Å²) in [5, 5.41) is 0. The van der Waals surface area contributed by atoms with Gasteiger partial charge in [0.2, 0.25) is 0 Å². The minimum absolute atomic E-state index is 0.315. The van der Waals surface area contributed by atoms with Crippen molar-refractivity contribution in [3.05, 3.63) is 35.4 Å². The van der Waals surface area contributed by atoms with E-state index in [-0.39, 0.29) is 0 Å². The molecule has 1 unspecified atom stereocenters. The quantitative estimate of drug-likeness (QED) is 0.723. The van der Waals surface area contributed by atoms with Gasteiger partial charge in [-0.3, -0.25) is 4.99 Å². The molecule has 1 aromatic rings. The van der Waals surface area contributed by atoms with Crippen molar-refractivity contribution in [3.63, 3.8) is 0 Å². The normalized spacial score (nSPS) is 21.1. The van der Waals surface area contributed by atoms with E-state index in [1.807, 2.05) is 11.9 Å². The van der Waals surface area contributed by atoms with Crippen LogP contribution in [-0.2, 0) is 0 Å². The van der Waals surface area contributed by atoms with Gasteiger partial charge in [-0.05, 0) is 12.5 Å². The number of guanidine groups is 1. The molecule has 1 heterocycles. The van der Waals surface area contributed by atoms with Gasteiger partial charge in [0.25, 0.3) is 0 Å². The number of hydrogen-bond donors (Lipinski definition) is 1. The average Bonchev–Trinajstić information content (AvgIpc) is 2.48. The predicted molar refractivity (Wildman–Crippen MR) is 58.2 cm³/mol. The van der Waals surface area contributed by atoms with E-state index in [2.05, 4.69) is 36.2 Å². The molecule has 0 saturated heterocycles. The van der Waals surface area contributed by atoms with Gasteiger partial charge in [-0.2, -0.15) is 0 Å². The smallest absolute Gasteiger partial charge is 0.191 e. The van der Waals surface area contributed by atoms with Crippen LogP contribution in [0.1, 0.15) is 17.2 Å². The Morgan fingerprint density at radius 2 is 2.29 bits per heavy atom. The van der Waals surface area contributed by atoms with E-state index >= 15 is 0 Å². The van der Waals surface area contributed by atoms with Crippen LogP contribution in [0.5, 0.6) is 0 Å². The predicted octanol–water partition coefficient (Wildman–Crippen LogP) is 1.30. The SMILES string of the molecule is Cc1cccc(C2CN=C(N)N2C)c1. The van der Waals surface area contributed by atoms with Crippen molar-refractivity contribution < 1.29 is 0 Å². The Morgan fingerprint density at radius 1 is 1.50 bits per heavy atom. The van der Waals surface area contributed by atoms with Crippen molar-refractivity contribution in [2.45, 2.75) is 13.0 Å². The molecular weight excluding hydrogens is 174 g/mol. The Balaban J connectivity index is 2.26. The Hall–Kier alpha value is -1.51. The topological polar surface area (TPSA) is 41.6 Å². The van der Waals surface area contributed by atoms with Gasteiger partial charge in [-0.25, -0.2) is 0 Å². The lowest BCUT2D eigenvalue weighted by Crippen LogP contribution is -2.32. The summed E-state index contributed by atoms with van der Waals surface area (Å²) in [6, 6.07) is 8.81. The Morgan fingerprint density at radius 3 is 2.86 bits per heavy atom. The highest BCUT2D eigenvalue weighted by atomic mass is 15.3. The molecule has 0 fully saturated rings. The molecule has 14 heavy (non-hydrogen) atoms. The summed E-state index contributed by atoms with van der Waals surface area (Å²) in [5.41, 5.74) is 8.29. The minimum atomic E-state index is 0.315. The standard InChI is InChI=1S/C11H15N3/c1-8-4-3-5-9(6-8)10-7-13-11(12)14(10)2/h3-6,10H,7H2,1-2H3,(H2,12,13). The van der Waals surface area contributed by atoms with E-state index in [0.717, 1.165) is 6.54 Å². The number of nitrogens with two attached hydrogens (primary N) is 1. The van der Waals surface area contributed by atoms with Crippen LogP contribution in [0, 0.1) is 6.92 Å². The molecule has 0 amide bonds. The first-order valence-electron chi connectivity index (χ1n) is 4.78. The molecular formula is C11H15N3. The van der Waals surface area contributed by atoms with E-state index in [4.69, 9.17) is 5.73 Å². The lowest BCUT2D eigenvalue weighted by molar-refractivity contribution is 0.414. The second-order valence-corrected chi connectivity index (χ2v) is 3.74. The molecule has 0 bridgehead atoms. The number of hydrogen-bond acceptors (Lipinski definition) is 3. The van der Waals surface area contributed by atoms with Crippen molar-refractivity contribution in [1.82, 2.24) is 4.90 Å². The highest BCUT2D eigenvalue weighted by Gasteiger charge is 2.23. The molecule has 1 aliphatic heterocycles. The Labute approximate surface area is 84.2 Å². The van der Waals surface area contributed by atoms with Crippen LogP contribution in [0.15, 0.2) is 29.3 Å². The van der Waals surface area contributed by atoms with Crippen LogP contribution in [-0.4, -0.2) is 24.5 Å². The summed E-state index contributed by atoms with van der Waals surface area (Å²) < 4.78 is 0. The molecule has 3 nitrogen and oxygen atoms in total. The highest BCUT2D eigenvalue weighted by Crippen LogP contribution is 2.24. The van der Waals surface area contributed by atoms with Gasteiger partial charge < -0.3 is 10.6 Å². The molecule has 0 radical (unpaired) electrons. The molecule has 74 valence electrons. The van der Waals surface area contributed by atoms with Crippen molar-refractivity contribution in [2.75, 3.05) is 13.6 Å². The summed E-state index contributed by atoms with van der Waals surface area (Å²) in [6.07, 6.45) is 0. The van der Waals surface area contributed by atoms with Gasteiger partial charge in [-0.15, -0.1) is 0 Å². The second kappa shape index (κ2) is 3.33. The van der Waals surface area contributed by atoms with Gasteiger partial charge in [0.15, 0.2) is 5.96 Å². The molecule has 1 aliphatic rings. The first kappa shape index (κ1) is 9.06. The maximum atomic E-state index is 5.72. The third-order valence-corrected chi connectivity index (χ3v) is 2.68. The van der Waals surface area contributed by atoms with Gasteiger partial charge >= 0.3 is 0 Å². The Bertz CT molecular complexity index is 371. The van der Waals surface area contributed by atoms with Crippen molar-refractivity contribution in [2.24, 2.45) is 10.7 Å². The summed E-state index contributed by atoms with van der Waals surface area (Å²) in [7, 11) is 1.98. The monoisotopic (exact) mass is 189 g/mol. The first-order chi connectivity index (χ1) is 6.68. The maximum Gasteiger partial charge on any atom is 0.191 e.